The molecule has 0 radical (unpaired) electrons. The van der Waals surface area contributed by atoms with Crippen LogP contribution in [-0.4, -0.2) is 0 Å². The van der Waals surface area contributed by atoms with Crippen molar-refractivity contribution >= 4 is 28.5 Å². The number of unbranched alkanes of at least 4 members (excludes halogenated alkanes) is 2. The van der Waals surface area contributed by atoms with Crippen molar-refractivity contribution in [3.05, 3.63) is 72.0 Å². The fourth-order valence-corrected chi connectivity index (χ4v) is 6.13. The summed E-state index contributed by atoms with van der Waals surface area (Å²) in [5.41, 5.74) is 1.08. The predicted octanol–water partition coefficient (Wildman–Crippen LogP) is 5.99. The molecule has 0 saturated heterocycles. The van der Waals surface area contributed by atoms with E-state index in [1.165, 1.54) is 0 Å². The van der Waals surface area contributed by atoms with Crippen LogP contribution in [0.5, 0.6) is 0 Å². The molecule has 0 bridgehead atoms. The first kappa shape index (κ1) is 15.4. The van der Waals surface area contributed by atoms with Gasteiger partial charge in [-0.3, -0.25) is 0 Å². The number of allylic oxidation sites excluding steroid dienone is 1. The van der Waals surface area contributed by atoms with E-state index in [1.54, 1.807) is 0 Å². The summed E-state index contributed by atoms with van der Waals surface area (Å²) < 4.78 is 16.7. The Bertz CT molecular complexity index is 683. The molecule has 0 unspecified atom stereocenters. The lowest BCUT2D eigenvalue weighted by molar-refractivity contribution is 0.703. The minimum Gasteiger partial charge on any atom is -0.0832 e. The Labute approximate surface area is 149 Å². The average Bonchev–Trinajstić information content (AvgIpc) is 2.67. The number of hydrogen-bond donors (Lipinski definition) is 0. The molecule has 23 heavy (non-hydrogen) atoms. The average molecular weight is 345 g/mol. The van der Waals surface area contributed by atoms with Gasteiger partial charge >= 0.3 is 0 Å². The van der Waals surface area contributed by atoms with Gasteiger partial charge in [-0.15, -0.1) is 0 Å². The zero-order valence-corrected chi connectivity index (χ0v) is 15.6. The Balaban J connectivity index is 2.57. The molecule has 0 saturated carbocycles. The lowest BCUT2D eigenvalue weighted by atomic mass is 10.1. The van der Waals surface area contributed by atoms with Crippen LogP contribution in [-0.2, 0) is 11.8 Å². The molecule has 0 aromatic heterocycles. The maximum absolute atomic E-state index is 9.04. The van der Waals surface area contributed by atoms with Crippen LogP contribution in [0.2, 0.25) is 0 Å². The molecular weight excluding hydrogens is 315 g/mol. The second-order valence-electron chi connectivity index (χ2n) is 5.70. The summed E-state index contributed by atoms with van der Waals surface area (Å²) in [5.74, 6) is 0.600. The number of hydrogen-bond acceptors (Lipinski definition) is 1. The molecule has 2 rings (SSSR count). The van der Waals surface area contributed by atoms with Gasteiger partial charge in [0.25, 0.3) is 0 Å². The van der Waals surface area contributed by atoms with Gasteiger partial charge in [0, 0.05) is 7.41 Å². The van der Waals surface area contributed by atoms with E-state index in [1.807, 2.05) is 36.4 Å². The largest absolute Gasteiger partial charge is 0.0832 e. The summed E-state index contributed by atoms with van der Waals surface area (Å²) in [6, 6.07) is 17.9. The minimum absolute atomic E-state index is 0.322. The van der Waals surface area contributed by atoms with Crippen LogP contribution in [0.15, 0.2) is 72.0 Å². The molecule has 0 amide bonds. The maximum atomic E-state index is 9.04. The highest BCUT2D eigenvalue weighted by Crippen LogP contribution is 2.47. The zero-order valence-electron chi connectivity index (χ0n) is 15.9. The molecule has 0 aliphatic carbocycles. The molecule has 0 aliphatic rings. The van der Waals surface area contributed by atoms with Crippen LogP contribution in [0, 0.1) is 0 Å². The van der Waals surface area contributed by atoms with E-state index in [0.29, 0.717) is 19.1 Å². The van der Waals surface area contributed by atoms with Crippen molar-refractivity contribution in [2.75, 3.05) is 0 Å². The van der Waals surface area contributed by atoms with E-state index in [4.69, 9.17) is 14.5 Å². The van der Waals surface area contributed by atoms with Gasteiger partial charge in [0.1, 0.15) is 0 Å². The van der Waals surface area contributed by atoms with Crippen molar-refractivity contribution in [2.24, 2.45) is 0 Å². The van der Waals surface area contributed by atoms with Gasteiger partial charge in [0.15, 0.2) is 0 Å². The second-order valence-corrected chi connectivity index (χ2v) is 9.82. The minimum atomic E-state index is -2.35. The molecule has 0 nitrogen and oxygen atoms in total. The molecule has 0 spiro atoms. The van der Waals surface area contributed by atoms with Crippen molar-refractivity contribution < 1.29 is 2.74 Å². The molecule has 2 heteroatoms. The van der Waals surface area contributed by atoms with E-state index in [9.17, 15) is 0 Å². The fourth-order valence-electron chi connectivity index (χ4n) is 2.60. The van der Waals surface area contributed by atoms with Gasteiger partial charge in [-0.1, -0.05) is 105 Å². The molecule has 2 aromatic carbocycles. The van der Waals surface area contributed by atoms with Crippen LogP contribution >= 0.6 is 6.04 Å². The molecular formula is C21H27PS. The monoisotopic (exact) mass is 344 g/mol. The fraction of sp³-hybridized carbons (Fsp3) is 0.333. The van der Waals surface area contributed by atoms with Crippen molar-refractivity contribution in [3.8, 4) is 0 Å². The van der Waals surface area contributed by atoms with E-state index in [-0.39, 0.29) is 0 Å². The smallest absolute Gasteiger partial charge is 0.0642 e. The van der Waals surface area contributed by atoms with Crippen LogP contribution in [0.4, 0.5) is 0 Å². The second kappa shape index (κ2) is 9.21. The summed E-state index contributed by atoms with van der Waals surface area (Å²) in [5, 5.41) is 2.14. The molecule has 122 valence electrons. The van der Waals surface area contributed by atoms with Crippen LogP contribution in [0.1, 0.15) is 48.7 Å². The van der Waals surface area contributed by atoms with Crippen LogP contribution in [0.3, 0.4) is 0 Å². The van der Waals surface area contributed by atoms with Crippen molar-refractivity contribution in [1.82, 2.24) is 0 Å². The molecule has 0 N–H and O–H groups in total. The molecule has 0 atom stereocenters. The van der Waals surface area contributed by atoms with Gasteiger partial charge in [0.05, 0.1) is 1.37 Å². The maximum Gasteiger partial charge on any atom is 0.0642 e. The van der Waals surface area contributed by atoms with Gasteiger partial charge in [0.2, 0.25) is 0 Å². The highest BCUT2D eigenvalue weighted by Gasteiger charge is 2.20. The van der Waals surface area contributed by atoms with Gasteiger partial charge in [-0.05, 0) is 35.7 Å². The van der Waals surface area contributed by atoms with Gasteiger partial charge < -0.3 is 0 Å². The lowest BCUT2D eigenvalue weighted by Gasteiger charge is -2.21. The van der Waals surface area contributed by atoms with Crippen LogP contribution < -0.4 is 10.6 Å². The molecule has 0 fully saturated rings. The first-order valence-electron chi connectivity index (χ1n) is 9.55. The Hall–Kier alpha value is -1.17. The highest BCUT2D eigenvalue weighted by molar-refractivity contribution is 8.23. The Morgan fingerprint density at radius 2 is 1.61 bits per heavy atom. The summed E-state index contributed by atoms with van der Waals surface area (Å²) in [6.07, 6.45) is 4.94. The van der Waals surface area contributed by atoms with Gasteiger partial charge in [-0.25, -0.2) is 0 Å². The zero-order chi connectivity index (χ0) is 18.1. The summed E-state index contributed by atoms with van der Waals surface area (Å²) in [4.78, 5) is 0. The first-order chi connectivity index (χ1) is 12.1. The Morgan fingerprint density at radius 1 is 1.04 bits per heavy atom. The summed E-state index contributed by atoms with van der Waals surface area (Å²) in [7, 11) is 0. The summed E-state index contributed by atoms with van der Waals surface area (Å²) in [6.45, 7) is 2.51. The molecule has 0 heterocycles. The van der Waals surface area contributed by atoms with Crippen molar-refractivity contribution in [1.29, 1.82) is 0 Å². The van der Waals surface area contributed by atoms with Crippen LogP contribution in [0.25, 0.3) is 0 Å². The molecule has 0 aliphatic heterocycles. The third kappa shape index (κ3) is 4.90. The quantitative estimate of drug-likeness (QED) is 0.418. The van der Waals surface area contributed by atoms with E-state index < -0.39 is 6.04 Å². The molecule has 2 aromatic rings. The first-order valence-corrected chi connectivity index (χ1v) is 11.1. The lowest BCUT2D eigenvalue weighted by Crippen LogP contribution is -2.14. The number of rotatable bonds is 8. The Kier molecular flexibility index (Phi) is 6.15. The highest BCUT2D eigenvalue weighted by atomic mass is 32.4. The SMILES string of the molecule is [2H]CC/C(CCCCC)=C(\[2H])P(=S)(c1ccccc1)c1ccccc1. The normalized spacial score (nSPS) is 14.0. The van der Waals surface area contributed by atoms with Crippen molar-refractivity contribution in [2.45, 2.75) is 45.9 Å². The van der Waals surface area contributed by atoms with Gasteiger partial charge in [-0.2, -0.15) is 0 Å². The summed E-state index contributed by atoms with van der Waals surface area (Å²) >= 11 is 6.23. The van der Waals surface area contributed by atoms with Crippen molar-refractivity contribution in [3.63, 3.8) is 0 Å². The standard InChI is InChI=1S/C21H27PS/c1-3-5-8-13-19(4-2)18-22(23,20-14-9-6-10-15-20)21-16-11-7-12-17-21/h6-7,9-12,14-18H,3-5,8,13H2,1-2H3/b19-18-/i2D,18D. The Morgan fingerprint density at radius 3 is 2.09 bits per heavy atom. The third-order valence-corrected chi connectivity index (χ3v) is 8.16. The predicted molar refractivity (Wildman–Crippen MR) is 109 cm³/mol. The topological polar surface area (TPSA) is 0 Å². The van der Waals surface area contributed by atoms with E-state index in [2.05, 4.69) is 31.2 Å². The van der Waals surface area contributed by atoms with E-state index in [0.717, 1.165) is 41.9 Å². The third-order valence-electron chi connectivity index (χ3n) is 3.94. The van der Waals surface area contributed by atoms with E-state index >= 15 is 0 Å². The number of benzene rings is 2.